The van der Waals surface area contributed by atoms with Crippen LogP contribution in [0.2, 0.25) is 0 Å². The van der Waals surface area contributed by atoms with Gasteiger partial charge in [-0.25, -0.2) is 0 Å². The summed E-state index contributed by atoms with van der Waals surface area (Å²) in [7, 11) is -0.979. The Kier molecular flexibility index (Phi) is 4.23. The Labute approximate surface area is 128 Å². The first-order valence-electron chi connectivity index (χ1n) is 6.48. The molecule has 0 radical (unpaired) electrons. The molecule has 0 aromatic heterocycles. The Morgan fingerprint density at radius 3 is 2.59 bits per heavy atom. The Bertz CT molecular complexity index is 729. The normalized spacial score (nSPS) is 18.9. The number of nitrogens with two attached hydrogens (primary N) is 1. The molecule has 1 aromatic rings. The van der Waals surface area contributed by atoms with E-state index in [1.54, 1.807) is 19.0 Å². The summed E-state index contributed by atoms with van der Waals surface area (Å²) < 4.78 is 31.7. The molecule has 0 bridgehead atoms. The summed E-state index contributed by atoms with van der Waals surface area (Å²) in [5.74, 6) is -1.66. The van der Waals surface area contributed by atoms with Crippen LogP contribution < -0.4 is 11.1 Å². The molecule has 0 fully saturated rings. The molecule has 1 aromatic carbocycles. The number of hydrogen-bond donors (Lipinski definition) is 3. The van der Waals surface area contributed by atoms with E-state index in [-0.39, 0.29) is 17.2 Å². The van der Waals surface area contributed by atoms with Crippen LogP contribution in [0.25, 0.3) is 0 Å². The van der Waals surface area contributed by atoms with Gasteiger partial charge in [0, 0.05) is 18.2 Å². The maximum Gasteiger partial charge on any atom is 0.294 e. The number of amides is 2. The quantitative estimate of drug-likeness (QED) is 0.641. The monoisotopic (exact) mass is 327 g/mol. The zero-order chi connectivity index (χ0) is 16.7. The van der Waals surface area contributed by atoms with Crippen molar-refractivity contribution in [1.29, 1.82) is 0 Å². The molecule has 8 nitrogen and oxygen atoms in total. The molecule has 4 N–H and O–H groups in total. The summed E-state index contributed by atoms with van der Waals surface area (Å²) in [6.45, 7) is 0. The molecule has 2 rings (SSSR count). The number of rotatable bonds is 5. The van der Waals surface area contributed by atoms with Gasteiger partial charge in [-0.2, -0.15) is 8.42 Å². The zero-order valence-corrected chi connectivity index (χ0v) is 12.9. The second-order valence-electron chi connectivity index (χ2n) is 5.39. The number of likely N-dealkylation sites (N-methyl/N-ethyl adjacent to an activating group) is 1. The minimum Gasteiger partial charge on any atom is -0.370 e. The fourth-order valence-corrected chi connectivity index (χ4v) is 3.13. The maximum absolute atomic E-state index is 12.2. The number of hydrogen-bond acceptors (Lipinski definition) is 5. The van der Waals surface area contributed by atoms with Crippen molar-refractivity contribution in [2.24, 2.45) is 5.73 Å². The van der Waals surface area contributed by atoms with Gasteiger partial charge < -0.3 is 16.0 Å². The molecule has 1 aliphatic heterocycles. The third kappa shape index (κ3) is 3.11. The molecule has 2 amide bonds. The Morgan fingerprint density at radius 1 is 1.45 bits per heavy atom. The maximum atomic E-state index is 12.2. The number of primary amides is 1. The molecule has 0 spiro atoms. The van der Waals surface area contributed by atoms with Crippen molar-refractivity contribution < 1.29 is 22.6 Å². The van der Waals surface area contributed by atoms with Crippen molar-refractivity contribution in [3.63, 3.8) is 0 Å². The summed E-state index contributed by atoms with van der Waals surface area (Å²) in [6, 6.07) is 3.34. The van der Waals surface area contributed by atoms with Crippen molar-refractivity contribution in [3.05, 3.63) is 23.8 Å². The van der Waals surface area contributed by atoms with Crippen molar-refractivity contribution in [2.75, 3.05) is 19.4 Å². The summed E-state index contributed by atoms with van der Waals surface area (Å²) >= 11 is 0. The average Bonchev–Trinajstić information content (AvgIpc) is 2.69. The van der Waals surface area contributed by atoms with Crippen LogP contribution in [0.3, 0.4) is 0 Å². The smallest absolute Gasteiger partial charge is 0.294 e. The van der Waals surface area contributed by atoms with E-state index in [0.717, 1.165) is 0 Å². The van der Waals surface area contributed by atoms with Gasteiger partial charge in [0.25, 0.3) is 10.1 Å². The van der Waals surface area contributed by atoms with Crippen LogP contribution in [-0.2, 0) is 19.7 Å². The van der Waals surface area contributed by atoms with Gasteiger partial charge in [-0.15, -0.1) is 0 Å². The van der Waals surface area contributed by atoms with Gasteiger partial charge in [0.05, 0.1) is 10.8 Å². The van der Waals surface area contributed by atoms with E-state index in [4.69, 9.17) is 10.3 Å². The molecular weight excluding hydrogens is 310 g/mol. The highest BCUT2D eigenvalue weighted by Gasteiger charge is 2.39. The predicted octanol–water partition coefficient (Wildman–Crippen LogP) is -0.225. The van der Waals surface area contributed by atoms with Crippen LogP contribution >= 0.6 is 0 Å². The number of carbonyl (C=O) groups is 2. The van der Waals surface area contributed by atoms with Gasteiger partial charge in [-0.3, -0.25) is 14.1 Å². The number of anilines is 1. The minimum absolute atomic E-state index is 0.0549. The fraction of sp³-hybridized carbons (Fsp3) is 0.385. The topological polar surface area (TPSA) is 130 Å². The molecule has 9 heteroatoms. The second kappa shape index (κ2) is 5.67. The average molecular weight is 327 g/mol. The molecule has 22 heavy (non-hydrogen) atoms. The molecule has 0 aliphatic carbocycles. The summed E-state index contributed by atoms with van der Waals surface area (Å²) in [6.07, 6.45) is -0.0549. The van der Waals surface area contributed by atoms with Gasteiger partial charge >= 0.3 is 0 Å². The first-order chi connectivity index (χ1) is 10.1. The lowest BCUT2D eigenvalue weighted by molar-refractivity contribution is -0.121. The number of carbonyl (C=O) groups excluding carboxylic acids is 2. The standard InChI is InChI=1S/C13H17N3O5S/c1-16(2)10(6-11(14)17)12-8-5-7(22(19,20)21)3-4-9(8)15-13(12)18/h3-5,10,12H,6H2,1-2H3,(H2,14,17)(H,15,18)(H,19,20,21). The molecule has 120 valence electrons. The van der Waals surface area contributed by atoms with Crippen molar-refractivity contribution >= 4 is 27.6 Å². The highest BCUT2D eigenvalue weighted by Crippen LogP contribution is 2.38. The third-order valence-corrected chi connectivity index (χ3v) is 4.50. The first kappa shape index (κ1) is 16.4. The third-order valence-electron chi connectivity index (χ3n) is 3.65. The van der Waals surface area contributed by atoms with E-state index in [0.29, 0.717) is 11.3 Å². The SMILES string of the molecule is CN(C)C(CC(N)=O)C1C(=O)Nc2ccc(S(=O)(=O)O)cc21. The second-order valence-corrected chi connectivity index (χ2v) is 6.81. The van der Waals surface area contributed by atoms with Gasteiger partial charge in [0.15, 0.2) is 0 Å². The van der Waals surface area contributed by atoms with Gasteiger partial charge in [-0.05, 0) is 37.9 Å². The number of benzene rings is 1. The fourth-order valence-electron chi connectivity index (χ4n) is 2.61. The molecule has 1 heterocycles. The number of fused-ring (bicyclic) bond motifs is 1. The molecule has 0 saturated heterocycles. The van der Waals surface area contributed by atoms with Gasteiger partial charge in [0.2, 0.25) is 11.8 Å². The summed E-state index contributed by atoms with van der Waals surface area (Å²) in [5, 5.41) is 2.64. The largest absolute Gasteiger partial charge is 0.370 e. The van der Waals surface area contributed by atoms with E-state index in [9.17, 15) is 18.0 Å². The summed E-state index contributed by atoms with van der Waals surface area (Å²) in [4.78, 5) is 24.8. The van der Waals surface area contributed by atoms with E-state index in [1.165, 1.54) is 18.2 Å². The van der Waals surface area contributed by atoms with Crippen LogP contribution in [-0.4, -0.2) is 49.8 Å². The zero-order valence-electron chi connectivity index (χ0n) is 12.1. The van der Waals surface area contributed by atoms with Gasteiger partial charge in [-0.1, -0.05) is 0 Å². The first-order valence-corrected chi connectivity index (χ1v) is 7.92. The molecule has 2 atom stereocenters. The van der Waals surface area contributed by atoms with Crippen molar-refractivity contribution in [3.8, 4) is 0 Å². The minimum atomic E-state index is -4.38. The Morgan fingerprint density at radius 2 is 2.09 bits per heavy atom. The molecular formula is C13H17N3O5S. The lowest BCUT2D eigenvalue weighted by Gasteiger charge is -2.27. The van der Waals surface area contributed by atoms with E-state index in [1.807, 2.05) is 0 Å². The van der Waals surface area contributed by atoms with Gasteiger partial charge in [0.1, 0.15) is 0 Å². The lowest BCUT2D eigenvalue weighted by atomic mass is 9.89. The van der Waals surface area contributed by atoms with E-state index >= 15 is 0 Å². The molecule has 0 saturated carbocycles. The number of nitrogens with zero attached hydrogens (tertiary/aromatic N) is 1. The highest BCUT2D eigenvalue weighted by molar-refractivity contribution is 7.85. The van der Waals surface area contributed by atoms with Crippen molar-refractivity contribution in [1.82, 2.24) is 4.90 Å². The number of nitrogens with one attached hydrogen (secondary N) is 1. The van der Waals surface area contributed by atoms with Crippen LogP contribution in [0.1, 0.15) is 17.9 Å². The van der Waals surface area contributed by atoms with E-state index < -0.39 is 28.0 Å². The Hall–Kier alpha value is -1.97. The lowest BCUT2D eigenvalue weighted by Crippen LogP contribution is -2.40. The predicted molar refractivity (Wildman–Crippen MR) is 78.9 cm³/mol. The van der Waals surface area contributed by atoms with Crippen LogP contribution in [0.5, 0.6) is 0 Å². The van der Waals surface area contributed by atoms with Crippen molar-refractivity contribution in [2.45, 2.75) is 23.3 Å². The van der Waals surface area contributed by atoms with Crippen LogP contribution in [0.15, 0.2) is 23.1 Å². The van der Waals surface area contributed by atoms with E-state index in [2.05, 4.69) is 5.32 Å². The van der Waals surface area contributed by atoms with Crippen LogP contribution in [0, 0.1) is 0 Å². The highest BCUT2D eigenvalue weighted by atomic mass is 32.2. The Balaban J connectivity index is 2.51. The molecule has 1 aliphatic rings. The molecule has 2 unspecified atom stereocenters. The summed E-state index contributed by atoms with van der Waals surface area (Å²) in [5.41, 5.74) is 6.10. The van der Waals surface area contributed by atoms with Crippen LogP contribution in [0.4, 0.5) is 5.69 Å².